The van der Waals surface area contributed by atoms with Gasteiger partial charge in [0.25, 0.3) is 0 Å². The summed E-state index contributed by atoms with van der Waals surface area (Å²) in [6, 6.07) is 10.2. The second-order valence-electron chi connectivity index (χ2n) is 10.5. The van der Waals surface area contributed by atoms with Crippen molar-refractivity contribution in [1.29, 1.82) is 0 Å². The van der Waals surface area contributed by atoms with Crippen LogP contribution in [-0.2, 0) is 22.4 Å². The van der Waals surface area contributed by atoms with Crippen molar-refractivity contribution < 1.29 is 38.1 Å². The summed E-state index contributed by atoms with van der Waals surface area (Å²) in [5.41, 5.74) is 1.73. The van der Waals surface area contributed by atoms with Crippen LogP contribution >= 0.6 is 46.4 Å². The van der Waals surface area contributed by atoms with Crippen molar-refractivity contribution in [3.63, 3.8) is 0 Å². The van der Waals surface area contributed by atoms with Gasteiger partial charge in [-0.1, -0.05) is 26.0 Å². The van der Waals surface area contributed by atoms with Crippen LogP contribution in [0.2, 0.25) is 0 Å². The van der Waals surface area contributed by atoms with E-state index < -0.39 is 24.1 Å². The van der Waals surface area contributed by atoms with Gasteiger partial charge in [0, 0.05) is 49.5 Å². The highest BCUT2D eigenvalue weighted by molar-refractivity contribution is 6.18. The number of hydrogen-bond acceptors (Lipinski definition) is 8. The van der Waals surface area contributed by atoms with Crippen LogP contribution in [0.1, 0.15) is 50.7 Å². The Labute approximate surface area is 289 Å². The van der Waals surface area contributed by atoms with Crippen molar-refractivity contribution in [2.75, 3.05) is 36.6 Å². The van der Waals surface area contributed by atoms with Crippen LogP contribution in [0.5, 0.6) is 23.0 Å². The first-order chi connectivity index (χ1) is 22.1. The highest BCUT2D eigenvalue weighted by Crippen LogP contribution is 2.33. The molecular weight excluding hydrogens is 682 g/mol. The largest absolute Gasteiger partial charge is 0.423 e. The molecule has 10 nitrogen and oxygen atoms in total. The third kappa shape index (κ3) is 14.7. The van der Waals surface area contributed by atoms with E-state index in [-0.39, 0.29) is 72.5 Å². The van der Waals surface area contributed by atoms with Gasteiger partial charge in [-0.15, -0.1) is 46.4 Å². The van der Waals surface area contributed by atoms with E-state index in [2.05, 4.69) is 24.5 Å². The molecule has 2 atom stereocenters. The zero-order valence-electron chi connectivity index (χ0n) is 25.9. The highest BCUT2D eigenvalue weighted by atomic mass is 35.5. The number of benzene rings is 2. The summed E-state index contributed by atoms with van der Waals surface area (Å²) in [7, 11) is 0. The average Bonchev–Trinajstić information content (AvgIpc) is 3.03. The van der Waals surface area contributed by atoms with Gasteiger partial charge in [0.15, 0.2) is 23.0 Å². The number of esters is 2. The molecule has 0 aromatic heterocycles. The number of carbonyl (C=O) groups is 4. The summed E-state index contributed by atoms with van der Waals surface area (Å²) >= 11 is 22.7. The summed E-state index contributed by atoms with van der Waals surface area (Å²) in [6.45, 7) is 4.60. The van der Waals surface area contributed by atoms with Gasteiger partial charge in [0.2, 0.25) is 0 Å². The Morgan fingerprint density at radius 1 is 0.587 bits per heavy atom. The summed E-state index contributed by atoms with van der Waals surface area (Å²) in [5, 5.41) is 5.03. The molecule has 0 aliphatic rings. The molecule has 2 amide bonds. The zero-order valence-corrected chi connectivity index (χ0v) is 28.9. The van der Waals surface area contributed by atoms with E-state index in [1.807, 2.05) is 12.1 Å². The maximum atomic E-state index is 12.4. The molecule has 0 fully saturated rings. The first kappa shape index (κ1) is 39.3. The smallest absolute Gasteiger partial charge is 0.412 e. The maximum Gasteiger partial charge on any atom is 0.412 e. The van der Waals surface area contributed by atoms with E-state index in [0.29, 0.717) is 37.4 Å². The van der Waals surface area contributed by atoms with Crippen LogP contribution in [0.4, 0.5) is 9.59 Å². The molecule has 14 heteroatoms. The Morgan fingerprint density at radius 2 is 0.978 bits per heavy atom. The molecule has 2 N–H and O–H groups in total. The number of carbonyl (C=O) groups excluding carboxylic acids is 4. The molecular formula is C32H40Cl4N2O8. The van der Waals surface area contributed by atoms with Crippen molar-refractivity contribution in [1.82, 2.24) is 10.6 Å². The first-order valence-electron chi connectivity index (χ1n) is 14.9. The quantitative estimate of drug-likeness (QED) is 0.0882. The van der Waals surface area contributed by atoms with Crippen LogP contribution < -0.4 is 29.6 Å². The third-order valence-electron chi connectivity index (χ3n) is 6.71. The number of amides is 2. The van der Waals surface area contributed by atoms with Crippen LogP contribution in [0.3, 0.4) is 0 Å². The number of hydrogen-bond donors (Lipinski definition) is 2. The van der Waals surface area contributed by atoms with Gasteiger partial charge in [0.1, 0.15) is 0 Å². The highest BCUT2D eigenvalue weighted by Gasteiger charge is 2.20. The lowest BCUT2D eigenvalue weighted by Gasteiger charge is -2.21. The maximum absolute atomic E-state index is 12.4. The molecule has 2 aromatic carbocycles. The van der Waals surface area contributed by atoms with E-state index >= 15 is 0 Å². The molecule has 0 bridgehead atoms. The molecule has 2 rings (SSSR count). The summed E-state index contributed by atoms with van der Waals surface area (Å²) in [6.07, 6.45) is 0.937. The van der Waals surface area contributed by atoms with E-state index in [0.717, 1.165) is 11.1 Å². The minimum atomic E-state index is -0.722. The molecule has 0 saturated heterocycles. The van der Waals surface area contributed by atoms with Gasteiger partial charge in [-0.3, -0.25) is 9.59 Å². The average molecular weight is 722 g/mol. The van der Waals surface area contributed by atoms with Crippen LogP contribution in [0.15, 0.2) is 36.4 Å². The topological polar surface area (TPSA) is 129 Å². The standard InChI is InChI=1S/C32H40Cl4N2O8/c1-21(17-23-8-10-26(45-31(41)37-15-13-35)27(19-23)44-30(40)6-4-12-34)22(2)18-24-7-9-25(43-29(39)5-3-11-33)28(20-24)46-32(42)38-16-14-36/h7-10,19-22H,3-6,11-18H2,1-2H3,(H,37,41)(H,38,42)/t21-,22+/m0/s1. The first-order valence-corrected chi connectivity index (χ1v) is 17.1. The molecule has 0 spiro atoms. The number of ether oxygens (including phenoxy) is 4. The third-order valence-corrected chi connectivity index (χ3v) is 7.63. The van der Waals surface area contributed by atoms with Gasteiger partial charge < -0.3 is 29.6 Å². The summed E-state index contributed by atoms with van der Waals surface area (Å²) in [4.78, 5) is 49.0. The number of nitrogens with one attached hydrogen (secondary N) is 2. The summed E-state index contributed by atoms with van der Waals surface area (Å²) in [5.74, 6) is 0.816. The fourth-order valence-corrected chi connectivity index (χ4v) is 4.63. The van der Waals surface area contributed by atoms with Crippen LogP contribution in [0, 0.1) is 11.8 Å². The lowest BCUT2D eigenvalue weighted by molar-refractivity contribution is -0.135. The van der Waals surface area contributed by atoms with Gasteiger partial charge in [-0.25, -0.2) is 9.59 Å². The van der Waals surface area contributed by atoms with Crippen molar-refractivity contribution in [3.05, 3.63) is 47.5 Å². The van der Waals surface area contributed by atoms with Crippen molar-refractivity contribution in [2.24, 2.45) is 11.8 Å². The van der Waals surface area contributed by atoms with E-state index in [1.165, 1.54) is 0 Å². The monoisotopic (exact) mass is 720 g/mol. The Bertz CT molecular complexity index is 1200. The Balaban J connectivity index is 2.20. The van der Waals surface area contributed by atoms with Crippen molar-refractivity contribution >= 4 is 70.5 Å². The van der Waals surface area contributed by atoms with Crippen LogP contribution in [0.25, 0.3) is 0 Å². The molecule has 0 radical (unpaired) electrons. The molecule has 0 aliphatic carbocycles. The zero-order chi connectivity index (χ0) is 33.9. The van der Waals surface area contributed by atoms with Crippen molar-refractivity contribution in [2.45, 2.75) is 52.4 Å². The molecule has 46 heavy (non-hydrogen) atoms. The van der Waals surface area contributed by atoms with E-state index in [4.69, 9.17) is 65.4 Å². The van der Waals surface area contributed by atoms with Crippen LogP contribution in [-0.4, -0.2) is 60.7 Å². The second-order valence-corrected chi connectivity index (χ2v) is 12.0. The minimum Gasteiger partial charge on any atom is -0.423 e. The van der Waals surface area contributed by atoms with Gasteiger partial charge in [-0.05, 0) is 72.9 Å². The molecule has 0 heterocycles. The predicted octanol–water partition coefficient (Wildman–Crippen LogP) is 7.25. The predicted molar refractivity (Wildman–Crippen MR) is 179 cm³/mol. The number of rotatable bonds is 19. The lowest BCUT2D eigenvalue weighted by atomic mass is 9.85. The Kier molecular flexibility index (Phi) is 18.6. The van der Waals surface area contributed by atoms with Gasteiger partial charge >= 0.3 is 24.1 Å². The molecule has 0 saturated carbocycles. The van der Waals surface area contributed by atoms with Gasteiger partial charge in [0.05, 0.1) is 0 Å². The fourth-order valence-electron chi connectivity index (χ4n) is 4.17. The molecule has 2 aromatic rings. The SMILES string of the molecule is C[C@H](Cc1ccc(OC(=O)CCCCl)c(OC(=O)NCCCl)c1)[C@@H](C)Cc1ccc(OC(=O)NCCCl)c(OC(=O)CCCCl)c1. The lowest BCUT2D eigenvalue weighted by Crippen LogP contribution is -2.28. The molecule has 254 valence electrons. The molecule has 0 aliphatic heterocycles. The minimum absolute atomic E-state index is 0.0989. The second kappa shape index (κ2) is 21.8. The van der Waals surface area contributed by atoms with Gasteiger partial charge in [-0.2, -0.15) is 0 Å². The summed E-state index contributed by atoms with van der Waals surface area (Å²) < 4.78 is 21.8. The Hall–Kier alpha value is -2.92. The van der Waals surface area contributed by atoms with E-state index in [9.17, 15) is 19.2 Å². The Morgan fingerprint density at radius 3 is 1.41 bits per heavy atom. The van der Waals surface area contributed by atoms with Crippen molar-refractivity contribution in [3.8, 4) is 23.0 Å². The number of alkyl halides is 4. The van der Waals surface area contributed by atoms with E-state index in [1.54, 1.807) is 24.3 Å². The number of halogens is 4. The normalized spacial score (nSPS) is 12.0. The molecule has 0 unspecified atom stereocenters. The fraction of sp³-hybridized carbons (Fsp3) is 0.500.